The van der Waals surface area contributed by atoms with Crippen LogP contribution in [0.1, 0.15) is 11.3 Å². The zero-order valence-electron chi connectivity index (χ0n) is 6.35. The van der Waals surface area contributed by atoms with Crippen LogP contribution in [-0.4, -0.2) is 10.1 Å². The van der Waals surface area contributed by atoms with Crippen LogP contribution in [0.2, 0.25) is 0 Å². The van der Waals surface area contributed by atoms with Crippen molar-refractivity contribution in [2.75, 3.05) is 0 Å². The minimum atomic E-state index is -4.56. The van der Waals surface area contributed by atoms with Gasteiger partial charge in [-0.15, -0.1) is 0 Å². The van der Waals surface area contributed by atoms with Crippen LogP contribution in [0.5, 0.6) is 0 Å². The van der Waals surface area contributed by atoms with E-state index in [0.29, 0.717) is 6.07 Å². The van der Waals surface area contributed by atoms with Gasteiger partial charge in [0.25, 0.3) is 0 Å². The molecule has 0 saturated heterocycles. The van der Waals surface area contributed by atoms with E-state index in [1.807, 2.05) is 4.98 Å². The molecule has 0 amide bonds. The number of nitrogens with one attached hydrogen (secondary N) is 1. The molecule has 72 valence electrons. The molecule has 1 heterocycles. The summed E-state index contributed by atoms with van der Waals surface area (Å²) in [6, 6.07) is 0.422. The number of hydrogen-bond acceptors (Lipinski definition) is 2. The molecule has 0 fully saturated rings. The molecule has 0 radical (unpaired) electrons. The van der Waals surface area contributed by atoms with Crippen molar-refractivity contribution in [2.45, 2.75) is 12.8 Å². The fraction of sp³-hybridized carbons (Fsp3) is 0.286. The van der Waals surface area contributed by atoms with Crippen LogP contribution in [0.4, 0.5) is 13.2 Å². The summed E-state index contributed by atoms with van der Waals surface area (Å²) in [5.41, 5.74) is -2.03. The third kappa shape index (κ3) is 2.09. The van der Waals surface area contributed by atoms with Crippen molar-refractivity contribution >= 4 is 0 Å². The lowest BCUT2D eigenvalue weighted by atomic mass is 10.2. The molecule has 2 N–H and O–H groups in total. The lowest BCUT2D eigenvalue weighted by Gasteiger charge is -2.05. The Morgan fingerprint density at radius 3 is 2.46 bits per heavy atom. The van der Waals surface area contributed by atoms with Crippen molar-refractivity contribution in [1.82, 2.24) is 4.98 Å². The van der Waals surface area contributed by atoms with Crippen LogP contribution in [0.25, 0.3) is 0 Å². The van der Waals surface area contributed by atoms with Gasteiger partial charge in [0.2, 0.25) is 0 Å². The van der Waals surface area contributed by atoms with Gasteiger partial charge >= 0.3 is 6.18 Å². The minimum Gasteiger partial charge on any atom is -0.391 e. The minimum absolute atomic E-state index is 0.0898. The average molecular weight is 193 g/mol. The molecule has 0 unspecified atom stereocenters. The Hall–Kier alpha value is -1.30. The highest BCUT2D eigenvalue weighted by molar-refractivity contribution is 5.15. The zero-order valence-corrected chi connectivity index (χ0v) is 6.35. The predicted octanol–water partition coefficient (Wildman–Crippen LogP) is 0.886. The number of aliphatic hydroxyl groups excluding tert-OH is 1. The molecule has 0 saturated carbocycles. The van der Waals surface area contributed by atoms with E-state index >= 15 is 0 Å². The van der Waals surface area contributed by atoms with Crippen LogP contribution < -0.4 is 5.43 Å². The molecule has 0 aliphatic carbocycles. The molecule has 6 heteroatoms. The van der Waals surface area contributed by atoms with E-state index < -0.39 is 23.9 Å². The Bertz CT molecular complexity index is 355. The van der Waals surface area contributed by atoms with Gasteiger partial charge in [0.05, 0.1) is 6.61 Å². The highest BCUT2D eigenvalue weighted by Crippen LogP contribution is 2.26. The number of aromatic amines is 1. The summed E-state index contributed by atoms with van der Waals surface area (Å²) < 4.78 is 35.9. The molecule has 0 spiro atoms. The first kappa shape index (κ1) is 9.79. The molecular formula is C7H6F3NO2. The maximum absolute atomic E-state index is 12.0. The molecule has 0 bridgehead atoms. The fourth-order valence-electron chi connectivity index (χ4n) is 0.789. The highest BCUT2D eigenvalue weighted by atomic mass is 19.4. The molecule has 1 aromatic heterocycles. The summed E-state index contributed by atoms with van der Waals surface area (Å²) in [4.78, 5) is 12.7. The van der Waals surface area contributed by atoms with Crippen molar-refractivity contribution in [1.29, 1.82) is 0 Å². The lowest BCUT2D eigenvalue weighted by Crippen LogP contribution is -2.16. The largest absolute Gasteiger partial charge is 0.431 e. The van der Waals surface area contributed by atoms with Gasteiger partial charge in [-0.1, -0.05) is 0 Å². The van der Waals surface area contributed by atoms with Gasteiger partial charge in [0.1, 0.15) is 5.69 Å². The van der Waals surface area contributed by atoms with Gasteiger partial charge in [0.15, 0.2) is 5.43 Å². The molecule has 13 heavy (non-hydrogen) atoms. The molecule has 0 aromatic carbocycles. The number of pyridine rings is 1. The van der Waals surface area contributed by atoms with Gasteiger partial charge in [-0.2, -0.15) is 13.2 Å². The molecule has 1 rings (SSSR count). The second-order valence-electron chi connectivity index (χ2n) is 2.39. The van der Waals surface area contributed by atoms with Crippen LogP contribution >= 0.6 is 0 Å². The van der Waals surface area contributed by atoms with Gasteiger partial charge in [-0.05, 0) is 0 Å². The Kier molecular flexibility index (Phi) is 2.42. The summed E-state index contributed by atoms with van der Waals surface area (Å²) >= 11 is 0. The van der Waals surface area contributed by atoms with Crippen molar-refractivity contribution in [3.63, 3.8) is 0 Å². The number of aliphatic hydroxyl groups is 1. The Labute approximate surface area is 70.8 Å². The molecule has 0 aliphatic heterocycles. The molecule has 3 nitrogen and oxygen atoms in total. The lowest BCUT2D eigenvalue weighted by molar-refractivity contribution is -0.141. The number of alkyl halides is 3. The van der Waals surface area contributed by atoms with Gasteiger partial charge in [-0.3, -0.25) is 4.79 Å². The number of halogens is 3. The first-order valence-electron chi connectivity index (χ1n) is 3.35. The first-order valence-corrected chi connectivity index (χ1v) is 3.35. The second-order valence-corrected chi connectivity index (χ2v) is 2.39. The highest BCUT2D eigenvalue weighted by Gasteiger charge is 2.31. The van der Waals surface area contributed by atoms with Crippen molar-refractivity contribution in [2.24, 2.45) is 0 Å². The number of H-pyrrole nitrogens is 1. The van der Waals surface area contributed by atoms with E-state index in [1.54, 1.807) is 0 Å². The Balaban J connectivity index is 3.18. The third-order valence-corrected chi connectivity index (χ3v) is 1.47. The van der Waals surface area contributed by atoms with E-state index in [-0.39, 0.29) is 5.56 Å². The van der Waals surface area contributed by atoms with Crippen molar-refractivity contribution in [3.05, 3.63) is 33.7 Å². The number of rotatable bonds is 1. The molecule has 0 aliphatic rings. The summed E-state index contributed by atoms with van der Waals surface area (Å²) in [6.45, 7) is -0.576. The van der Waals surface area contributed by atoms with Crippen LogP contribution in [-0.2, 0) is 12.8 Å². The zero-order chi connectivity index (χ0) is 10.1. The normalized spacial score (nSPS) is 11.7. The van der Waals surface area contributed by atoms with Crippen LogP contribution in [0, 0.1) is 0 Å². The quantitative estimate of drug-likeness (QED) is 0.695. The number of aromatic nitrogens is 1. The first-order chi connectivity index (χ1) is 5.95. The second kappa shape index (κ2) is 3.21. The third-order valence-electron chi connectivity index (χ3n) is 1.47. The fourth-order valence-corrected chi connectivity index (χ4v) is 0.789. The van der Waals surface area contributed by atoms with E-state index in [4.69, 9.17) is 5.11 Å². The smallest absolute Gasteiger partial charge is 0.391 e. The standard InChI is InChI=1S/C7H6F3NO2/c8-7(9,10)6-1-5(13)4(3-12)2-11-6/h1-2,12H,3H2,(H,11,13). The summed E-state index contributed by atoms with van der Waals surface area (Å²) in [5, 5.41) is 8.51. The molecule has 0 atom stereocenters. The van der Waals surface area contributed by atoms with E-state index in [9.17, 15) is 18.0 Å². The maximum atomic E-state index is 12.0. The molecule has 1 aromatic rings. The Morgan fingerprint density at radius 1 is 1.46 bits per heavy atom. The predicted molar refractivity (Wildman–Crippen MR) is 38.0 cm³/mol. The van der Waals surface area contributed by atoms with Crippen LogP contribution in [0.3, 0.4) is 0 Å². The Morgan fingerprint density at radius 2 is 2.08 bits per heavy atom. The topological polar surface area (TPSA) is 53.1 Å². The van der Waals surface area contributed by atoms with E-state index in [1.165, 1.54) is 0 Å². The summed E-state index contributed by atoms with van der Waals surface area (Å²) in [6.07, 6.45) is -3.71. The van der Waals surface area contributed by atoms with E-state index in [0.717, 1.165) is 6.20 Å². The van der Waals surface area contributed by atoms with E-state index in [2.05, 4.69) is 0 Å². The van der Waals surface area contributed by atoms with Gasteiger partial charge in [-0.25, -0.2) is 0 Å². The number of hydrogen-bond donors (Lipinski definition) is 2. The monoisotopic (exact) mass is 193 g/mol. The maximum Gasteiger partial charge on any atom is 0.431 e. The van der Waals surface area contributed by atoms with Gasteiger partial charge in [0, 0.05) is 17.8 Å². The van der Waals surface area contributed by atoms with Crippen molar-refractivity contribution in [3.8, 4) is 0 Å². The summed E-state index contributed by atoms with van der Waals surface area (Å²) in [5.74, 6) is 0. The van der Waals surface area contributed by atoms with Crippen molar-refractivity contribution < 1.29 is 18.3 Å². The van der Waals surface area contributed by atoms with Gasteiger partial charge < -0.3 is 10.1 Å². The van der Waals surface area contributed by atoms with Crippen LogP contribution in [0.15, 0.2) is 17.1 Å². The molecular weight excluding hydrogens is 187 g/mol. The average Bonchev–Trinajstić information content (AvgIpc) is 2.02. The SMILES string of the molecule is O=c1cc(C(F)(F)F)[nH]cc1CO. The summed E-state index contributed by atoms with van der Waals surface area (Å²) in [7, 11) is 0.